The van der Waals surface area contributed by atoms with E-state index >= 15 is 0 Å². The molecule has 4 nitrogen and oxygen atoms in total. The highest BCUT2D eigenvalue weighted by molar-refractivity contribution is 5.86. The zero-order valence-electron chi connectivity index (χ0n) is 11.5. The van der Waals surface area contributed by atoms with Crippen LogP contribution in [0.3, 0.4) is 0 Å². The molecule has 1 unspecified atom stereocenters. The molecule has 22 heavy (non-hydrogen) atoms. The highest BCUT2D eigenvalue weighted by atomic mass is 19.4. The second-order valence-corrected chi connectivity index (χ2v) is 4.70. The molecule has 1 rings (SSSR count). The lowest BCUT2D eigenvalue weighted by atomic mass is 9.99. The molecule has 1 fully saturated rings. The number of halogens is 6. The van der Waals surface area contributed by atoms with Crippen LogP contribution in [0.1, 0.15) is 19.8 Å². The van der Waals surface area contributed by atoms with Gasteiger partial charge in [0.1, 0.15) is 6.61 Å². The van der Waals surface area contributed by atoms with E-state index in [2.05, 4.69) is 16.1 Å². The summed E-state index contributed by atoms with van der Waals surface area (Å²) in [4.78, 5) is 11.0. The molecule has 0 aliphatic carbocycles. The highest BCUT2D eigenvalue weighted by Gasteiger charge is 2.74. The molecule has 1 aliphatic rings. The van der Waals surface area contributed by atoms with E-state index in [-0.39, 0.29) is 12.2 Å². The summed E-state index contributed by atoms with van der Waals surface area (Å²) < 4.78 is 89.6. The maximum Gasteiger partial charge on any atom is 0.426 e. The average molecular weight is 336 g/mol. The third kappa shape index (κ3) is 3.92. The number of carbonyl (C=O) groups excluding carboxylic acids is 1. The van der Waals surface area contributed by atoms with Gasteiger partial charge in [0.2, 0.25) is 0 Å². The van der Waals surface area contributed by atoms with Gasteiger partial charge in [0, 0.05) is 12.0 Å². The van der Waals surface area contributed by atoms with E-state index in [1.807, 2.05) is 0 Å². The number of hydrogen-bond acceptors (Lipinski definition) is 4. The molecule has 0 bridgehead atoms. The Labute approximate surface area is 122 Å². The summed E-state index contributed by atoms with van der Waals surface area (Å²) in [5.74, 6) is -0.740. The molecule has 128 valence electrons. The molecule has 1 atom stereocenters. The van der Waals surface area contributed by atoms with Crippen LogP contribution in [0.15, 0.2) is 12.2 Å². The summed E-state index contributed by atoms with van der Waals surface area (Å²) in [6, 6.07) is 0. The Morgan fingerprint density at radius 2 is 1.77 bits per heavy atom. The first kappa shape index (κ1) is 18.8. The van der Waals surface area contributed by atoms with Crippen LogP contribution in [0, 0.1) is 0 Å². The standard InChI is InChI=1S/C12H14F6O4/c1-7(2)9(19)21-6-5-20-8-3-4-10(22-8,11(13,14)15)12(16,17)18/h8H,1,3-6H2,2H3. The van der Waals surface area contributed by atoms with Crippen molar-refractivity contribution in [3.8, 4) is 0 Å². The second kappa shape index (κ2) is 6.45. The van der Waals surface area contributed by atoms with Gasteiger partial charge in [0.25, 0.3) is 5.60 Å². The van der Waals surface area contributed by atoms with Crippen LogP contribution in [0.4, 0.5) is 26.3 Å². The molecule has 10 heteroatoms. The summed E-state index contributed by atoms with van der Waals surface area (Å²) in [7, 11) is 0. The number of carbonyl (C=O) groups is 1. The Morgan fingerprint density at radius 1 is 1.23 bits per heavy atom. The number of esters is 1. The number of hydrogen-bond donors (Lipinski definition) is 0. The van der Waals surface area contributed by atoms with E-state index in [0.29, 0.717) is 0 Å². The Hall–Kier alpha value is -1.29. The Bertz CT molecular complexity index is 414. The van der Waals surface area contributed by atoms with Gasteiger partial charge in [-0.3, -0.25) is 0 Å². The fourth-order valence-electron chi connectivity index (χ4n) is 1.80. The minimum absolute atomic E-state index is 0.102. The second-order valence-electron chi connectivity index (χ2n) is 4.70. The Balaban J connectivity index is 2.54. The SMILES string of the molecule is C=C(C)C(=O)OCCOC1CCC(C(F)(F)F)(C(F)(F)F)O1. The van der Waals surface area contributed by atoms with E-state index < -0.39 is 49.7 Å². The third-order valence-corrected chi connectivity index (χ3v) is 2.95. The molecule has 0 N–H and O–H groups in total. The number of rotatable bonds is 5. The zero-order valence-corrected chi connectivity index (χ0v) is 11.5. The monoisotopic (exact) mass is 336 g/mol. The van der Waals surface area contributed by atoms with Gasteiger partial charge in [-0.1, -0.05) is 6.58 Å². The summed E-state index contributed by atoms with van der Waals surface area (Å²) in [6.45, 7) is 3.94. The lowest BCUT2D eigenvalue weighted by Crippen LogP contribution is -2.56. The number of ether oxygens (including phenoxy) is 3. The first-order chi connectivity index (χ1) is 9.91. The van der Waals surface area contributed by atoms with Crippen molar-refractivity contribution in [2.45, 2.75) is 44.0 Å². The van der Waals surface area contributed by atoms with Gasteiger partial charge in [-0.15, -0.1) is 0 Å². The van der Waals surface area contributed by atoms with Crippen LogP contribution in [0.5, 0.6) is 0 Å². The number of alkyl halides is 6. The quantitative estimate of drug-likeness (QED) is 0.335. The summed E-state index contributed by atoms with van der Waals surface area (Å²) in [5, 5.41) is 0. The smallest absolute Gasteiger partial charge is 0.426 e. The van der Waals surface area contributed by atoms with E-state index in [1.54, 1.807) is 0 Å². The summed E-state index contributed by atoms with van der Waals surface area (Å²) in [6.07, 6.45) is -14.7. The Morgan fingerprint density at radius 3 is 2.18 bits per heavy atom. The van der Waals surface area contributed by atoms with Crippen molar-refractivity contribution in [1.29, 1.82) is 0 Å². The largest absolute Gasteiger partial charge is 0.460 e. The molecule has 0 radical (unpaired) electrons. The minimum atomic E-state index is -5.60. The Kier molecular flexibility index (Phi) is 5.50. The van der Waals surface area contributed by atoms with Gasteiger partial charge >= 0.3 is 18.3 Å². The summed E-state index contributed by atoms with van der Waals surface area (Å²) in [5.41, 5.74) is -4.12. The lowest BCUT2D eigenvalue weighted by molar-refractivity contribution is -0.387. The molecule has 1 saturated heterocycles. The van der Waals surface area contributed by atoms with Crippen molar-refractivity contribution in [2.75, 3.05) is 13.2 Å². The van der Waals surface area contributed by atoms with Crippen LogP contribution in [0.25, 0.3) is 0 Å². The topological polar surface area (TPSA) is 44.8 Å². The lowest BCUT2D eigenvalue weighted by Gasteiger charge is -2.33. The molecule has 0 aromatic rings. The molecule has 0 aromatic heterocycles. The normalized spacial score (nSPS) is 21.7. The van der Waals surface area contributed by atoms with Gasteiger partial charge in [0.05, 0.1) is 6.61 Å². The van der Waals surface area contributed by atoms with Crippen molar-refractivity contribution in [2.24, 2.45) is 0 Å². The third-order valence-electron chi connectivity index (χ3n) is 2.95. The molecular formula is C12H14F6O4. The molecular weight excluding hydrogens is 322 g/mol. The van der Waals surface area contributed by atoms with Gasteiger partial charge in [-0.05, 0) is 13.3 Å². The summed E-state index contributed by atoms with van der Waals surface area (Å²) >= 11 is 0. The molecule has 0 spiro atoms. The first-order valence-corrected chi connectivity index (χ1v) is 6.16. The van der Waals surface area contributed by atoms with Crippen molar-refractivity contribution in [3.05, 3.63) is 12.2 Å². The fraction of sp³-hybridized carbons (Fsp3) is 0.750. The van der Waals surface area contributed by atoms with Gasteiger partial charge < -0.3 is 14.2 Å². The highest BCUT2D eigenvalue weighted by Crippen LogP contribution is 2.52. The van der Waals surface area contributed by atoms with Crippen LogP contribution in [-0.4, -0.2) is 43.4 Å². The fourth-order valence-corrected chi connectivity index (χ4v) is 1.80. The van der Waals surface area contributed by atoms with Crippen molar-refractivity contribution in [1.82, 2.24) is 0 Å². The van der Waals surface area contributed by atoms with Gasteiger partial charge in [-0.25, -0.2) is 4.79 Å². The maximum atomic E-state index is 12.7. The van der Waals surface area contributed by atoms with Gasteiger partial charge in [0.15, 0.2) is 6.29 Å². The molecule has 0 amide bonds. The predicted molar refractivity (Wildman–Crippen MR) is 60.7 cm³/mol. The average Bonchev–Trinajstić information content (AvgIpc) is 2.78. The van der Waals surface area contributed by atoms with Crippen molar-refractivity contribution >= 4 is 5.97 Å². The van der Waals surface area contributed by atoms with Crippen molar-refractivity contribution in [3.63, 3.8) is 0 Å². The molecule has 1 aliphatic heterocycles. The van der Waals surface area contributed by atoms with E-state index in [1.165, 1.54) is 6.92 Å². The predicted octanol–water partition coefficient (Wildman–Crippen LogP) is 3.12. The van der Waals surface area contributed by atoms with Crippen LogP contribution >= 0.6 is 0 Å². The van der Waals surface area contributed by atoms with Crippen molar-refractivity contribution < 1.29 is 45.3 Å². The molecule has 0 aromatic carbocycles. The van der Waals surface area contributed by atoms with Gasteiger partial charge in [-0.2, -0.15) is 26.3 Å². The van der Waals surface area contributed by atoms with Crippen LogP contribution in [-0.2, 0) is 19.0 Å². The van der Waals surface area contributed by atoms with Crippen LogP contribution < -0.4 is 0 Å². The van der Waals surface area contributed by atoms with E-state index in [0.717, 1.165) is 0 Å². The van der Waals surface area contributed by atoms with E-state index in [4.69, 9.17) is 4.74 Å². The molecule has 1 heterocycles. The van der Waals surface area contributed by atoms with Crippen LogP contribution in [0.2, 0.25) is 0 Å². The first-order valence-electron chi connectivity index (χ1n) is 6.16. The molecule has 0 saturated carbocycles. The van der Waals surface area contributed by atoms with E-state index in [9.17, 15) is 31.1 Å². The minimum Gasteiger partial charge on any atom is -0.460 e. The maximum absolute atomic E-state index is 12.7. The zero-order chi connectivity index (χ0) is 17.2.